The average Bonchev–Trinajstić information content (AvgIpc) is 3.51. The van der Waals surface area contributed by atoms with Crippen molar-refractivity contribution in [3.8, 4) is 0 Å². The van der Waals surface area contributed by atoms with Gasteiger partial charge in [0.25, 0.3) is 0 Å². The number of carboxylic acid groups (broad SMARTS) is 1. The van der Waals surface area contributed by atoms with Crippen LogP contribution in [0.2, 0.25) is 0 Å². The number of benzene rings is 5. The predicted octanol–water partition coefficient (Wildman–Crippen LogP) is 10.9. The molecule has 0 fully saturated rings. The molecular weight excluding hydrogens is 761 g/mol. The fraction of sp³-hybridized carbons (Fsp3) is 0.265. The number of carbonyl (C=O) groups is 1. The lowest BCUT2D eigenvalue weighted by Gasteiger charge is -2.25. The number of likely N-dealkylation sites (N-methyl/N-ethyl adjacent to an activating group) is 1. The van der Waals surface area contributed by atoms with E-state index in [4.69, 9.17) is 0 Å². The second kappa shape index (κ2) is 15.9. The monoisotopic (exact) mass is 810 g/mol. The molecule has 8 rings (SSSR count). The number of hydrogen-bond acceptors (Lipinski definition) is 6. The molecule has 7 nitrogen and oxygen atoms in total. The van der Waals surface area contributed by atoms with Crippen LogP contribution in [-0.2, 0) is 25.7 Å². The standard InChI is InChI=1S/C42H42N2O2S.C7H8O3S/c1-41(2)35(43(5)33-22-18-27-12-7-9-16-31(27)38(33)41)24-20-29-14-11-15-30(40(29)47-26-37(45)46)21-25-36-42(3,4)39-32-17-10-8-13-28(32)19-23-34(39)44(36)6;1-6-2-4-7(5-3-6)11(8,9)10/h7-10,12-13,16-25H,11,14-15,26H2,1-6H3;2-5H,1H3,(H,8,9,10). The average molecular weight is 811 g/mol. The molecule has 0 bridgehead atoms. The summed E-state index contributed by atoms with van der Waals surface area (Å²) in [5, 5.41) is 14.8. The number of thioether (sulfide) groups is 1. The van der Waals surface area contributed by atoms with Crippen molar-refractivity contribution in [2.75, 3.05) is 24.7 Å². The van der Waals surface area contributed by atoms with Gasteiger partial charge in [0.15, 0.2) is 5.71 Å². The Hall–Kier alpha value is -5.22. The van der Waals surface area contributed by atoms with E-state index < -0.39 is 16.1 Å². The van der Waals surface area contributed by atoms with Crippen LogP contribution in [0.4, 0.5) is 11.4 Å². The number of hydrogen-bond donors (Lipinski definition) is 1. The highest BCUT2D eigenvalue weighted by Crippen LogP contribution is 2.50. The van der Waals surface area contributed by atoms with E-state index in [1.807, 2.05) is 6.92 Å². The van der Waals surface area contributed by atoms with Crippen LogP contribution < -0.4 is 4.90 Å². The van der Waals surface area contributed by atoms with Gasteiger partial charge in [-0.25, -0.2) is 8.42 Å². The zero-order chi connectivity index (χ0) is 41.6. The van der Waals surface area contributed by atoms with Crippen LogP contribution in [0.1, 0.15) is 63.6 Å². The first-order valence-corrected chi connectivity index (χ1v) is 22.0. The Labute approximate surface area is 346 Å². The van der Waals surface area contributed by atoms with Gasteiger partial charge in [0.1, 0.15) is 17.2 Å². The lowest BCUT2D eigenvalue weighted by atomic mass is 9.78. The first kappa shape index (κ1) is 41.0. The molecule has 0 atom stereocenters. The molecule has 3 aliphatic rings. The molecule has 5 aromatic rings. The molecule has 0 unspecified atom stereocenters. The van der Waals surface area contributed by atoms with E-state index in [9.17, 15) is 22.9 Å². The van der Waals surface area contributed by atoms with Crippen molar-refractivity contribution in [1.82, 2.24) is 0 Å². The number of carboxylic acids is 1. The molecular formula is C49H50N2O5S2. The van der Waals surface area contributed by atoms with E-state index in [0.717, 1.165) is 29.7 Å². The van der Waals surface area contributed by atoms with E-state index in [2.05, 4.69) is 148 Å². The zero-order valence-electron chi connectivity index (χ0n) is 34.2. The van der Waals surface area contributed by atoms with Crippen molar-refractivity contribution in [1.29, 1.82) is 0 Å². The largest absolute Gasteiger partial charge is 0.744 e. The molecule has 1 N–H and O–H groups in total. The number of aliphatic carboxylic acids is 1. The molecule has 0 aromatic heterocycles. The van der Waals surface area contributed by atoms with Crippen molar-refractivity contribution >= 4 is 66.5 Å². The molecule has 0 saturated heterocycles. The van der Waals surface area contributed by atoms with Crippen molar-refractivity contribution in [3.05, 3.63) is 160 Å². The van der Waals surface area contributed by atoms with Crippen molar-refractivity contribution < 1.29 is 27.4 Å². The second-order valence-corrected chi connectivity index (χ2v) is 18.7. The van der Waals surface area contributed by atoms with Gasteiger partial charge in [-0.05, 0) is 109 Å². The lowest BCUT2D eigenvalue weighted by Crippen LogP contribution is -2.27. The lowest BCUT2D eigenvalue weighted by molar-refractivity contribution is -0.401. The highest BCUT2D eigenvalue weighted by Gasteiger charge is 2.44. The Morgan fingerprint density at radius 2 is 1.45 bits per heavy atom. The van der Waals surface area contributed by atoms with E-state index in [1.165, 1.54) is 90.5 Å². The second-order valence-electron chi connectivity index (χ2n) is 16.3. The van der Waals surface area contributed by atoms with Crippen LogP contribution in [0, 0.1) is 6.92 Å². The third kappa shape index (κ3) is 7.71. The van der Waals surface area contributed by atoms with Gasteiger partial charge in [0.05, 0.1) is 16.1 Å². The molecule has 0 amide bonds. The summed E-state index contributed by atoms with van der Waals surface area (Å²) in [6.45, 7) is 11.1. The molecule has 5 aromatic carbocycles. The Balaban J connectivity index is 0.000000404. The van der Waals surface area contributed by atoms with Gasteiger partial charge >= 0.3 is 5.97 Å². The summed E-state index contributed by atoms with van der Waals surface area (Å²) in [5.74, 6) is -0.746. The molecule has 2 heterocycles. The Kier molecular flexibility index (Phi) is 11.2. The third-order valence-electron chi connectivity index (χ3n) is 11.8. The molecule has 0 spiro atoms. The van der Waals surface area contributed by atoms with Crippen LogP contribution >= 0.6 is 11.8 Å². The predicted molar refractivity (Wildman–Crippen MR) is 239 cm³/mol. The van der Waals surface area contributed by atoms with Crippen molar-refractivity contribution in [2.24, 2.45) is 0 Å². The number of nitrogens with zero attached hydrogens (tertiary/aromatic N) is 2. The Morgan fingerprint density at radius 3 is 2.09 bits per heavy atom. The fourth-order valence-corrected chi connectivity index (χ4v) is 10.4. The van der Waals surface area contributed by atoms with Gasteiger partial charge in [0, 0.05) is 46.5 Å². The smallest absolute Gasteiger partial charge is 0.313 e. The fourth-order valence-electron chi connectivity index (χ4n) is 8.99. The van der Waals surface area contributed by atoms with E-state index in [0.29, 0.717) is 0 Å². The third-order valence-corrected chi connectivity index (χ3v) is 13.9. The van der Waals surface area contributed by atoms with Crippen molar-refractivity contribution in [3.63, 3.8) is 0 Å². The van der Waals surface area contributed by atoms with Gasteiger partial charge in [-0.2, -0.15) is 4.58 Å². The summed E-state index contributed by atoms with van der Waals surface area (Å²) in [7, 11) is 0.0557. The molecule has 0 saturated carbocycles. The summed E-state index contributed by atoms with van der Waals surface area (Å²) < 4.78 is 33.5. The van der Waals surface area contributed by atoms with Gasteiger partial charge in [-0.15, -0.1) is 11.8 Å². The van der Waals surface area contributed by atoms with Crippen molar-refractivity contribution in [2.45, 2.75) is 69.6 Å². The number of anilines is 1. The van der Waals surface area contributed by atoms with Gasteiger partial charge in [-0.3, -0.25) is 4.79 Å². The molecule has 0 radical (unpaired) electrons. The van der Waals surface area contributed by atoms with E-state index in [1.54, 1.807) is 12.1 Å². The normalized spacial score (nSPS) is 18.7. The summed E-state index contributed by atoms with van der Waals surface area (Å²) >= 11 is 1.46. The highest BCUT2D eigenvalue weighted by molar-refractivity contribution is 8.03. The number of aryl methyl sites for hydroxylation is 1. The van der Waals surface area contributed by atoms with E-state index >= 15 is 0 Å². The van der Waals surface area contributed by atoms with Gasteiger partial charge in [-0.1, -0.05) is 98.3 Å². The van der Waals surface area contributed by atoms with Gasteiger partial charge < -0.3 is 14.6 Å². The minimum Gasteiger partial charge on any atom is -0.744 e. The van der Waals surface area contributed by atoms with Crippen LogP contribution in [0.15, 0.2) is 148 Å². The number of allylic oxidation sites excluding steroid dienone is 7. The number of rotatable bonds is 7. The molecule has 9 heteroatoms. The minimum atomic E-state index is -4.27. The van der Waals surface area contributed by atoms with Crippen LogP contribution in [0.5, 0.6) is 0 Å². The van der Waals surface area contributed by atoms with Crippen LogP contribution in [-0.4, -0.2) is 54.2 Å². The number of fused-ring (bicyclic) bond motifs is 6. The Bertz CT molecular complexity index is 2740. The summed E-state index contributed by atoms with van der Waals surface area (Å²) in [5.41, 5.74) is 10.7. The molecule has 2 aliphatic heterocycles. The van der Waals surface area contributed by atoms with Gasteiger partial charge in [0.2, 0.25) is 5.69 Å². The quantitative estimate of drug-likeness (QED) is 0.129. The summed E-state index contributed by atoms with van der Waals surface area (Å²) in [6, 6.07) is 32.0. The minimum absolute atomic E-state index is 0.0445. The van der Waals surface area contributed by atoms with Crippen LogP contribution in [0.25, 0.3) is 21.5 Å². The molecule has 298 valence electrons. The Morgan fingerprint density at radius 1 is 0.828 bits per heavy atom. The maximum Gasteiger partial charge on any atom is 0.313 e. The van der Waals surface area contributed by atoms with Crippen LogP contribution in [0.3, 0.4) is 0 Å². The maximum atomic E-state index is 11.8. The molecule has 1 aliphatic carbocycles. The summed E-state index contributed by atoms with van der Waals surface area (Å²) in [4.78, 5) is 15.1. The first-order valence-electron chi connectivity index (χ1n) is 19.6. The highest BCUT2D eigenvalue weighted by atomic mass is 32.2. The molecule has 58 heavy (non-hydrogen) atoms. The summed E-state index contributed by atoms with van der Waals surface area (Å²) in [6.07, 6.45) is 12.0. The zero-order valence-corrected chi connectivity index (χ0v) is 35.8. The topological polar surface area (TPSA) is 101 Å². The van der Waals surface area contributed by atoms with E-state index in [-0.39, 0.29) is 21.5 Å². The first-order chi connectivity index (χ1) is 27.5. The SMILES string of the molecule is CN1/C(=C\C=C2CCCC(/C=C/C3=[N+](C)c4ccc5ccccc5c4C3(C)C)=C2SCC(=O)O)C(C)(C)c2c1ccc1ccccc21.Cc1ccc(S(=O)(=O)[O-])cc1. The maximum absolute atomic E-state index is 11.8.